The van der Waals surface area contributed by atoms with Gasteiger partial charge in [-0.3, -0.25) is 9.69 Å². The highest BCUT2D eigenvalue weighted by atomic mass is 16.1. The molecule has 0 heterocycles. The van der Waals surface area contributed by atoms with E-state index < -0.39 is 0 Å². The van der Waals surface area contributed by atoms with Gasteiger partial charge in [0.25, 0.3) is 0 Å². The topological polar surface area (TPSA) is 20.3 Å². The van der Waals surface area contributed by atoms with Crippen LogP contribution < -0.4 is 0 Å². The Kier molecular flexibility index (Phi) is 5.54. The van der Waals surface area contributed by atoms with Crippen molar-refractivity contribution in [3.63, 3.8) is 0 Å². The van der Waals surface area contributed by atoms with Crippen molar-refractivity contribution in [2.24, 2.45) is 5.92 Å². The van der Waals surface area contributed by atoms with Crippen LogP contribution in [0.4, 0.5) is 0 Å². The molecule has 0 aliphatic rings. The van der Waals surface area contributed by atoms with Crippen LogP contribution >= 0.6 is 0 Å². The van der Waals surface area contributed by atoms with Gasteiger partial charge in [-0.15, -0.1) is 0 Å². The van der Waals surface area contributed by atoms with Gasteiger partial charge in [-0.25, -0.2) is 0 Å². The van der Waals surface area contributed by atoms with Crippen LogP contribution in [0.25, 0.3) is 0 Å². The zero-order valence-corrected chi connectivity index (χ0v) is 12.2. The van der Waals surface area contributed by atoms with Crippen LogP contribution in [-0.2, 0) is 11.2 Å². The zero-order valence-electron chi connectivity index (χ0n) is 12.2. The minimum atomic E-state index is -0.0209. The average Bonchev–Trinajstić information content (AvgIpc) is 2.35. The third kappa shape index (κ3) is 3.95. The highest BCUT2D eigenvalue weighted by Gasteiger charge is 2.26. The fraction of sp³-hybridized carbons (Fsp3) is 0.562. The van der Waals surface area contributed by atoms with Crippen LogP contribution in [-0.4, -0.2) is 29.8 Å². The van der Waals surface area contributed by atoms with Crippen LogP contribution in [0.1, 0.15) is 33.3 Å². The van der Waals surface area contributed by atoms with Crippen molar-refractivity contribution in [3.05, 3.63) is 35.9 Å². The maximum atomic E-state index is 12.4. The van der Waals surface area contributed by atoms with Gasteiger partial charge in [-0.1, -0.05) is 44.2 Å². The van der Waals surface area contributed by atoms with Gasteiger partial charge >= 0.3 is 0 Å². The average molecular weight is 247 g/mol. The van der Waals surface area contributed by atoms with E-state index in [0.717, 1.165) is 6.42 Å². The molecule has 0 saturated heterocycles. The number of rotatable bonds is 6. The predicted molar refractivity (Wildman–Crippen MR) is 76.7 cm³/mol. The van der Waals surface area contributed by atoms with Gasteiger partial charge in [-0.2, -0.15) is 0 Å². The molecule has 0 aliphatic carbocycles. The summed E-state index contributed by atoms with van der Waals surface area (Å²) in [7, 11) is 2.04. The Bertz CT molecular complexity index is 370. The minimum Gasteiger partial charge on any atom is -0.298 e. The lowest BCUT2D eigenvalue weighted by atomic mass is 9.94. The van der Waals surface area contributed by atoms with E-state index in [1.807, 2.05) is 39.1 Å². The second-order valence-corrected chi connectivity index (χ2v) is 5.52. The third-order valence-corrected chi connectivity index (χ3v) is 3.48. The van der Waals surface area contributed by atoms with E-state index in [1.165, 1.54) is 5.56 Å². The fourth-order valence-electron chi connectivity index (χ4n) is 2.03. The lowest BCUT2D eigenvalue weighted by molar-refractivity contribution is -0.127. The number of hydrogen-bond donors (Lipinski definition) is 0. The summed E-state index contributed by atoms with van der Waals surface area (Å²) >= 11 is 0. The summed E-state index contributed by atoms with van der Waals surface area (Å²) < 4.78 is 0. The second-order valence-electron chi connectivity index (χ2n) is 5.52. The van der Waals surface area contributed by atoms with Gasteiger partial charge in [-0.05, 0) is 32.9 Å². The van der Waals surface area contributed by atoms with Crippen LogP contribution in [0.5, 0.6) is 0 Å². The molecule has 0 saturated carbocycles. The molecule has 100 valence electrons. The largest absolute Gasteiger partial charge is 0.298 e. The van der Waals surface area contributed by atoms with Gasteiger partial charge in [0.15, 0.2) is 5.78 Å². The Labute approximate surface area is 111 Å². The first-order valence-corrected chi connectivity index (χ1v) is 6.73. The number of carbonyl (C=O) groups excluding carboxylic acids is 1. The van der Waals surface area contributed by atoms with Gasteiger partial charge in [0.2, 0.25) is 0 Å². The number of hydrogen-bond acceptors (Lipinski definition) is 2. The first-order chi connectivity index (χ1) is 8.43. The van der Waals surface area contributed by atoms with Crippen molar-refractivity contribution >= 4 is 5.78 Å². The monoisotopic (exact) mass is 247 g/mol. The molecule has 1 aromatic carbocycles. The summed E-state index contributed by atoms with van der Waals surface area (Å²) in [6.45, 7) is 8.22. The molecule has 0 amide bonds. The van der Waals surface area contributed by atoms with E-state index in [4.69, 9.17) is 0 Å². The Hall–Kier alpha value is -1.15. The standard InChI is InChI=1S/C16H25NO/c1-12(2)16(18)15(17(5)13(3)4)11-14-9-7-6-8-10-14/h6-10,12-13,15H,11H2,1-5H3/t15-/m1/s1. The second kappa shape index (κ2) is 6.69. The molecular weight excluding hydrogens is 222 g/mol. The Balaban J connectivity index is 2.88. The molecule has 1 rings (SSSR count). The van der Waals surface area contributed by atoms with Gasteiger partial charge in [0.1, 0.15) is 0 Å². The van der Waals surface area contributed by atoms with Crippen LogP contribution in [0.2, 0.25) is 0 Å². The van der Waals surface area contributed by atoms with Gasteiger partial charge in [0.05, 0.1) is 6.04 Å². The minimum absolute atomic E-state index is 0.0209. The SMILES string of the molecule is CC(C)C(=O)[C@@H](Cc1ccccc1)N(C)C(C)C. The smallest absolute Gasteiger partial charge is 0.152 e. The molecular formula is C16H25NO. The van der Waals surface area contributed by atoms with Crippen LogP contribution in [0, 0.1) is 5.92 Å². The number of nitrogens with zero attached hydrogens (tertiary/aromatic N) is 1. The molecule has 2 nitrogen and oxygen atoms in total. The summed E-state index contributed by atoms with van der Waals surface area (Å²) in [5.74, 6) is 0.412. The van der Waals surface area contributed by atoms with Crippen molar-refractivity contribution in [2.75, 3.05) is 7.05 Å². The van der Waals surface area contributed by atoms with Crippen LogP contribution in [0.15, 0.2) is 30.3 Å². The predicted octanol–water partition coefficient (Wildman–Crippen LogP) is 3.16. The highest BCUT2D eigenvalue weighted by Crippen LogP contribution is 2.15. The molecule has 0 N–H and O–H groups in total. The molecule has 0 aliphatic heterocycles. The van der Waals surface area contributed by atoms with Gasteiger partial charge < -0.3 is 0 Å². The first kappa shape index (κ1) is 14.9. The van der Waals surface area contributed by atoms with Crippen LogP contribution in [0.3, 0.4) is 0 Å². The van der Waals surface area contributed by atoms with Crippen molar-refractivity contribution in [1.82, 2.24) is 4.90 Å². The fourth-order valence-corrected chi connectivity index (χ4v) is 2.03. The maximum absolute atomic E-state index is 12.4. The number of Topliss-reactive ketones (excluding diaryl/α,β-unsaturated/α-hetero) is 1. The maximum Gasteiger partial charge on any atom is 0.152 e. The molecule has 0 aromatic heterocycles. The normalized spacial score (nSPS) is 13.3. The number of carbonyl (C=O) groups is 1. The van der Waals surface area contributed by atoms with Gasteiger partial charge in [0, 0.05) is 12.0 Å². The quantitative estimate of drug-likeness (QED) is 0.769. The zero-order chi connectivity index (χ0) is 13.7. The summed E-state index contributed by atoms with van der Waals surface area (Å²) in [4.78, 5) is 14.5. The molecule has 18 heavy (non-hydrogen) atoms. The number of benzene rings is 1. The van der Waals surface area contributed by atoms with E-state index in [0.29, 0.717) is 11.8 Å². The molecule has 0 spiro atoms. The Morgan fingerprint density at radius 1 is 1.11 bits per heavy atom. The van der Waals surface area contributed by atoms with E-state index in [2.05, 4.69) is 30.9 Å². The van der Waals surface area contributed by atoms with E-state index >= 15 is 0 Å². The van der Waals surface area contributed by atoms with E-state index in [-0.39, 0.29) is 12.0 Å². The summed E-state index contributed by atoms with van der Waals surface area (Å²) in [5.41, 5.74) is 1.23. The van der Waals surface area contributed by atoms with Crippen molar-refractivity contribution in [2.45, 2.75) is 46.2 Å². The molecule has 0 bridgehead atoms. The summed E-state index contributed by atoms with van der Waals surface area (Å²) in [5, 5.41) is 0. The van der Waals surface area contributed by atoms with Crippen molar-refractivity contribution in [1.29, 1.82) is 0 Å². The van der Waals surface area contributed by atoms with E-state index in [1.54, 1.807) is 0 Å². The number of ketones is 1. The highest BCUT2D eigenvalue weighted by molar-refractivity contribution is 5.86. The lowest BCUT2D eigenvalue weighted by Crippen LogP contribution is -2.45. The molecule has 1 atom stereocenters. The molecule has 0 unspecified atom stereocenters. The molecule has 0 fully saturated rings. The van der Waals surface area contributed by atoms with Crippen molar-refractivity contribution in [3.8, 4) is 0 Å². The first-order valence-electron chi connectivity index (χ1n) is 6.73. The lowest BCUT2D eigenvalue weighted by Gasteiger charge is -2.31. The summed E-state index contributed by atoms with van der Waals surface area (Å²) in [6, 6.07) is 10.6. The Morgan fingerprint density at radius 2 is 1.67 bits per heavy atom. The molecule has 1 aromatic rings. The number of likely N-dealkylation sites (N-methyl/N-ethyl adjacent to an activating group) is 1. The van der Waals surface area contributed by atoms with E-state index in [9.17, 15) is 4.79 Å². The summed E-state index contributed by atoms with van der Waals surface area (Å²) in [6.07, 6.45) is 0.798. The Morgan fingerprint density at radius 3 is 2.11 bits per heavy atom. The third-order valence-electron chi connectivity index (χ3n) is 3.48. The van der Waals surface area contributed by atoms with Crippen molar-refractivity contribution < 1.29 is 4.79 Å². The molecule has 2 heteroatoms. The molecule has 0 radical (unpaired) electrons.